The lowest BCUT2D eigenvalue weighted by Crippen LogP contribution is -2.30. The van der Waals surface area contributed by atoms with E-state index < -0.39 is 11.9 Å². The summed E-state index contributed by atoms with van der Waals surface area (Å²) in [6.45, 7) is 1.61. The fourth-order valence-electron chi connectivity index (χ4n) is 3.17. The van der Waals surface area contributed by atoms with E-state index in [-0.39, 0.29) is 24.2 Å². The number of amides is 2. The quantitative estimate of drug-likeness (QED) is 0.730. The predicted molar refractivity (Wildman–Crippen MR) is 103 cm³/mol. The highest BCUT2D eigenvalue weighted by molar-refractivity contribution is 5.96. The maximum absolute atomic E-state index is 12.2. The Balaban J connectivity index is 1.53. The standard InChI is InChI=1S/C21H22N2O4/c1-13(21(26)27)14-6-9-17(10-7-14)22-19(24)11-8-16-12-15-4-2-3-5-18(15)23-20(16)25/h2-7,9-10,13,16H,8,11-12H2,1H3,(H,22,24)(H,23,25)(H,26,27). The first-order valence-electron chi connectivity index (χ1n) is 8.95. The fourth-order valence-corrected chi connectivity index (χ4v) is 3.17. The molecule has 2 amide bonds. The molecule has 1 aliphatic heterocycles. The molecule has 0 bridgehead atoms. The smallest absolute Gasteiger partial charge is 0.310 e. The van der Waals surface area contributed by atoms with Crippen molar-refractivity contribution in [1.29, 1.82) is 0 Å². The largest absolute Gasteiger partial charge is 0.481 e. The van der Waals surface area contributed by atoms with Gasteiger partial charge in [-0.2, -0.15) is 0 Å². The molecule has 3 rings (SSSR count). The second kappa shape index (κ2) is 8.03. The summed E-state index contributed by atoms with van der Waals surface area (Å²) in [5, 5.41) is 14.7. The molecule has 27 heavy (non-hydrogen) atoms. The SMILES string of the molecule is CC(C(=O)O)c1ccc(NC(=O)CCC2Cc3ccccc3NC2=O)cc1. The molecule has 0 spiro atoms. The lowest BCUT2D eigenvalue weighted by molar-refractivity contribution is -0.138. The molecule has 2 atom stereocenters. The van der Waals surface area contributed by atoms with Crippen molar-refractivity contribution in [3.05, 3.63) is 59.7 Å². The van der Waals surface area contributed by atoms with Crippen LogP contribution in [0.15, 0.2) is 48.5 Å². The van der Waals surface area contributed by atoms with Gasteiger partial charge in [-0.05, 0) is 49.1 Å². The molecule has 0 saturated heterocycles. The van der Waals surface area contributed by atoms with Gasteiger partial charge in [0.1, 0.15) is 0 Å². The second-order valence-corrected chi connectivity index (χ2v) is 6.82. The number of carboxylic acids is 1. The summed E-state index contributed by atoms with van der Waals surface area (Å²) in [5.74, 6) is -1.92. The third-order valence-electron chi connectivity index (χ3n) is 4.90. The molecule has 0 aliphatic carbocycles. The van der Waals surface area contributed by atoms with Crippen molar-refractivity contribution in [3.63, 3.8) is 0 Å². The van der Waals surface area contributed by atoms with Crippen LogP contribution in [0.1, 0.15) is 36.8 Å². The molecule has 0 aromatic heterocycles. The van der Waals surface area contributed by atoms with Crippen LogP contribution >= 0.6 is 0 Å². The molecule has 3 N–H and O–H groups in total. The average molecular weight is 366 g/mol. The molecular weight excluding hydrogens is 344 g/mol. The van der Waals surface area contributed by atoms with Gasteiger partial charge in [0.25, 0.3) is 0 Å². The van der Waals surface area contributed by atoms with Crippen molar-refractivity contribution in [2.24, 2.45) is 5.92 Å². The van der Waals surface area contributed by atoms with E-state index >= 15 is 0 Å². The number of carbonyl (C=O) groups is 3. The summed E-state index contributed by atoms with van der Waals surface area (Å²) in [6.07, 6.45) is 1.35. The van der Waals surface area contributed by atoms with Crippen molar-refractivity contribution >= 4 is 29.2 Å². The van der Waals surface area contributed by atoms with Gasteiger partial charge < -0.3 is 15.7 Å². The van der Waals surface area contributed by atoms with Gasteiger partial charge in [0, 0.05) is 23.7 Å². The maximum Gasteiger partial charge on any atom is 0.310 e. The number of nitrogens with one attached hydrogen (secondary N) is 2. The van der Waals surface area contributed by atoms with Crippen molar-refractivity contribution in [2.45, 2.75) is 32.1 Å². The number of hydrogen-bond donors (Lipinski definition) is 3. The molecular formula is C21H22N2O4. The van der Waals surface area contributed by atoms with E-state index in [0.29, 0.717) is 24.1 Å². The monoisotopic (exact) mass is 366 g/mol. The Bertz CT molecular complexity index is 861. The van der Waals surface area contributed by atoms with Crippen LogP contribution in [0.4, 0.5) is 11.4 Å². The van der Waals surface area contributed by atoms with Crippen LogP contribution in [-0.4, -0.2) is 22.9 Å². The van der Waals surface area contributed by atoms with Gasteiger partial charge in [0.05, 0.1) is 5.92 Å². The number of benzene rings is 2. The van der Waals surface area contributed by atoms with Gasteiger partial charge in [-0.25, -0.2) is 0 Å². The van der Waals surface area contributed by atoms with E-state index in [0.717, 1.165) is 11.3 Å². The third-order valence-corrected chi connectivity index (χ3v) is 4.90. The summed E-state index contributed by atoms with van der Waals surface area (Å²) in [4.78, 5) is 35.4. The van der Waals surface area contributed by atoms with Gasteiger partial charge in [-0.3, -0.25) is 14.4 Å². The van der Waals surface area contributed by atoms with E-state index in [1.54, 1.807) is 31.2 Å². The van der Waals surface area contributed by atoms with Crippen molar-refractivity contribution in [1.82, 2.24) is 0 Å². The Morgan fingerprint density at radius 2 is 1.89 bits per heavy atom. The molecule has 0 saturated carbocycles. The number of aliphatic carboxylic acids is 1. The van der Waals surface area contributed by atoms with E-state index in [1.807, 2.05) is 24.3 Å². The van der Waals surface area contributed by atoms with Crippen LogP contribution in [0.5, 0.6) is 0 Å². The lowest BCUT2D eigenvalue weighted by Gasteiger charge is -2.24. The van der Waals surface area contributed by atoms with Crippen molar-refractivity contribution in [3.8, 4) is 0 Å². The van der Waals surface area contributed by atoms with Gasteiger partial charge >= 0.3 is 5.97 Å². The zero-order chi connectivity index (χ0) is 19.4. The zero-order valence-corrected chi connectivity index (χ0v) is 15.1. The fraction of sp³-hybridized carbons (Fsp3) is 0.286. The van der Waals surface area contributed by atoms with Gasteiger partial charge in [0.2, 0.25) is 11.8 Å². The van der Waals surface area contributed by atoms with Crippen LogP contribution in [0, 0.1) is 5.92 Å². The molecule has 0 radical (unpaired) electrons. The number of carboxylic acid groups (broad SMARTS) is 1. The lowest BCUT2D eigenvalue weighted by atomic mass is 9.89. The van der Waals surface area contributed by atoms with Crippen LogP contribution in [0.2, 0.25) is 0 Å². The third kappa shape index (κ3) is 4.53. The topological polar surface area (TPSA) is 95.5 Å². The maximum atomic E-state index is 12.2. The molecule has 2 aromatic rings. The highest BCUT2D eigenvalue weighted by Gasteiger charge is 2.26. The second-order valence-electron chi connectivity index (χ2n) is 6.82. The van der Waals surface area contributed by atoms with E-state index in [1.165, 1.54) is 0 Å². The van der Waals surface area contributed by atoms with Crippen LogP contribution in [-0.2, 0) is 20.8 Å². The molecule has 2 unspecified atom stereocenters. The van der Waals surface area contributed by atoms with E-state index in [4.69, 9.17) is 5.11 Å². The number of hydrogen-bond acceptors (Lipinski definition) is 3. The minimum Gasteiger partial charge on any atom is -0.481 e. The highest BCUT2D eigenvalue weighted by Crippen LogP contribution is 2.27. The van der Waals surface area contributed by atoms with Gasteiger partial charge in [-0.15, -0.1) is 0 Å². The Labute approximate surface area is 157 Å². The van der Waals surface area contributed by atoms with Crippen LogP contribution < -0.4 is 10.6 Å². The first kappa shape index (κ1) is 18.6. The summed E-state index contributed by atoms with van der Waals surface area (Å²) >= 11 is 0. The molecule has 6 nitrogen and oxygen atoms in total. The highest BCUT2D eigenvalue weighted by atomic mass is 16.4. The number of para-hydroxylation sites is 1. The first-order valence-corrected chi connectivity index (χ1v) is 8.95. The minimum atomic E-state index is -0.890. The normalized spacial score (nSPS) is 16.8. The average Bonchev–Trinajstić information content (AvgIpc) is 2.66. The van der Waals surface area contributed by atoms with E-state index in [2.05, 4.69) is 10.6 Å². The summed E-state index contributed by atoms with van der Waals surface area (Å²) in [6, 6.07) is 14.5. The van der Waals surface area contributed by atoms with Crippen LogP contribution in [0.3, 0.4) is 0 Å². The number of rotatable bonds is 6. The van der Waals surface area contributed by atoms with E-state index in [9.17, 15) is 14.4 Å². The Kier molecular flexibility index (Phi) is 5.54. The Morgan fingerprint density at radius 3 is 2.59 bits per heavy atom. The molecule has 140 valence electrons. The Hall–Kier alpha value is -3.15. The predicted octanol–water partition coefficient (Wildman–Crippen LogP) is 3.40. The van der Waals surface area contributed by atoms with Crippen molar-refractivity contribution < 1.29 is 19.5 Å². The van der Waals surface area contributed by atoms with Gasteiger partial charge in [-0.1, -0.05) is 30.3 Å². The zero-order valence-electron chi connectivity index (χ0n) is 15.1. The molecule has 1 heterocycles. The summed E-state index contributed by atoms with van der Waals surface area (Å²) in [7, 11) is 0. The Morgan fingerprint density at radius 1 is 1.19 bits per heavy atom. The molecule has 0 fully saturated rings. The minimum absolute atomic E-state index is 0.0477. The van der Waals surface area contributed by atoms with Gasteiger partial charge in [0.15, 0.2) is 0 Å². The summed E-state index contributed by atoms with van der Waals surface area (Å²) < 4.78 is 0. The number of carbonyl (C=O) groups excluding carboxylic acids is 2. The number of fused-ring (bicyclic) bond motifs is 1. The molecule has 6 heteroatoms. The van der Waals surface area contributed by atoms with Crippen LogP contribution in [0.25, 0.3) is 0 Å². The first-order chi connectivity index (χ1) is 12.9. The summed E-state index contributed by atoms with van der Waals surface area (Å²) in [5.41, 5.74) is 3.22. The number of anilines is 2. The molecule has 2 aromatic carbocycles. The van der Waals surface area contributed by atoms with Crippen molar-refractivity contribution in [2.75, 3.05) is 10.6 Å². The molecule has 1 aliphatic rings.